The minimum atomic E-state index is -3.46. The number of thiazole rings is 1. The van der Waals surface area contributed by atoms with Crippen LogP contribution in [0.1, 0.15) is 16.7 Å². The van der Waals surface area contributed by atoms with Gasteiger partial charge in [-0.05, 0) is 48.9 Å². The van der Waals surface area contributed by atoms with Gasteiger partial charge < -0.3 is 15.2 Å². The predicted molar refractivity (Wildman–Crippen MR) is 126 cm³/mol. The predicted octanol–water partition coefficient (Wildman–Crippen LogP) is 3.85. The van der Waals surface area contributed by atoms with Crippen molar-refractivity contribution < 1.29 is 18.3 Å². The van der Waals surface area contributed by atoms with E-state index in [1.54, 1.807) is 23.5 Å². The van der Waals surface area contributed by atoms with Gasteiger partial charge in [-0.25, -0.2) is 13.4 Å². The zero-order chi connectivity index (χ0) is 22.4. The van der Waals surface area contributed by atoms with E-state index in [9.17, 15) is 13.5 Å². The number of ether oxygens (including phenoxy) is 1. The topological polar surface area (TPSA) is 101 Å². The Hall–Kier alpha value is -2.17. The van der Waals surface area contributed by atoms with Crippen LogP contribution in [0, 0.1) is 6.92 Å². The van der Waals surface area contributed by atoms with Crippen molar-refractivity contribution in [1.82, 2.24) is 10.3 Å². The Morgan fingerprint density at radius 1 is 1.23 bits per heavy atom. The van der Waals surface area contributed by atoms with Crippen molar-refractivity contribution in [1.29, 1.82) is 0 Å². The summed E-state index contributed by atoms with van der Waals surface area (Å²) in [6.07, 6.45) is 0.222. The minimum Gasteiger partial charge on any atom is -0.492 e. The number of anilines is 1. The summed E-state index contributed by atoms with van der Waals surface area (Å²) < 4.78 is 30.9. The van der Waals surface area contributed by atoms with Crippen molar-refractivity contribution in [2.45, 2.75) is 13.0 Å². The molecule has 1 aromatic heterocycles. The van der Waals surface area contributed by atoms with Crippen molar-refractivity contribution in [2.24, 2.45) is 0 Å². The van der Waals surface area contributed by atoms with E-state index in [0.29, 0.717) is 18.7 Å². The third-order valence-electron chi connectivity index (χ3n) is 4.32. The van der Waals surface area contributed by atoms with Gasteiger partial charge in [0.1, 0.15) is 12.4 Å². The Labute approximate surface area is 191 Å². The zero-order valence-electron chi connectivity index (χ0n) is 17.1. The van der Waals surface area contributed by atoms with Crippen LogP contribution in [0.5, 0.6) is 5.75 Å². The number of rotatable bonds is 10. The molecule has 0 aliphatic rings. The molecular weight excluding hydrogens is 458 g/mol. The second kappa shape index (κ2) is 10.4. The molecule has 0 aliphatic carbocycles. The summed E-state index contributed by atoms with van der Waals surface area (Å²) in [7, 11) is -3.46. The standard InChI is InChI=1S/C21H24ClN3O4S2/c1-14-24-20(13-30-14)15-3-6-17(7-4-15)29-10-9-23-12-21(26)16-5-8-18(22)19(11-16)25-31(2,27)28/h3-8,11,13,21,23,25-26H,9-10,12H2,1-2H3/t21-/m0/s1. The molecule has 0 saturated heterocycles. The lowest BCUT2D eigenvalue weighted by Gasteiger charge is -2.15. The molecule has 0 saturated carbocycles. The monoisotopic (exact) mass is 481 g/mol. The fourth-order valence-electron chi connectivity index (χ4n) is 2.84. The van der Waals surface area contributed by atoms with Gasteiger partial charge >= 0.3 is 0 Å². The van der Waals surface area contributed by atoms with E-state index in [1.807, 2.05) is 36.6 Å². The van der Waals surface area contributed by atoms with Crippen LogP contribution < -0.4 is 14.8 Å². The van der Waals surface area contributed by atoms with E-state index in [4.69, 9.17) is 16.3 Å². The van der Waals surface area contributed by atoms with Gasteiger partial charge in [-0.1, -0.05) is 17.7 Å². The summed E-state index contributed by atoms with van der Waals surface area (Å²) in [4.78, 5) is 4.47. The highest BCUT2D eigenvalue weighted by Crippen LogP contribution is 2.27. The van der Waals surface area contributed by atoms with E-state index in [0.717, 1.165) is 28.3 Å². The summed E-state index contributed by atoms with van der Waals surface area (Å²) in [5.41, 5.74) is 2.80. The molecule has 0 fully saturated rings. The normalized spacial score (nSPS) is 12.5. The van der Waals surface area contributed by atoms with Crippen LogP contribution in [0.15, 0.2) is 47.8 Å². The quantitative estimate of drug-likeness (QED) is 0.380. The smallest absolute Gasteiger partial charge is 0.229 e. The second-order valence-electron chi connectivity index (χ2n) is 6.96. The van der Waals surface area contributed by atoms with Crippen LogP contribution in [0.4, 0.5) is 5.69 Å². The zero-order valence-corrected chi connectivity index (χ0v) is 19.5. The van der Waals surface area contributed by atoms with Gasteiger partial charge in [0.25, 0.3) is 0 Å². The van der Waals surface area contributed by atoms with Crippen LogP contribution in [0.2, 0.25) is 5.02 Å². The van der Waals surface area contributed by atoms with E-state index in [-0.39, 0.29) is 17.3 Å². The van der Waals surface area contributed by atoms with E-state index < -0.39 is 16.1 Å². The fourth-order valence-corrected chi connectivity index (χ4v) is 4.25. The molecule has 1 atom stereocenters. The summed E-state index contributed by atoms with van der Waals surface area (Å²) in [5.74, 6) is 0.757. The highest BCUT2D eigenvalue weighted by Gasteiger charge is 2.12. The number of aryl methyl sites for hydroxylation is 1. The van der Waals surface area contributed by atoms with Gasteiger partial charge in [0, 0.05) is 24.0 Å². The molecule has 7 nitrogen and oxygen atoms in total. The molecule has 2 aromatic carbocycles. The average Bonchev–Trinajstić information content (AvgIpc) is 3.15. The first-order valence-electron chi connectivity index (χ1n) is 9.52. The number of aliphatic hydroxyl groups is 1. The lowest BCUT2D eigenvalue weighted by molar-refractivity contribution is 0.172. The van der Waals surface area contributed by atoms with Crippen molar-refractivity contribution in [3.05, 3.63) is 63.4 Å². The Kier molecular flexibility index (Phi) is 7.90. The van der Waals surface area contributed by atoms with Gasteiger partial charge in [0.05, 0.1) is 33.8 Å². The van der Waals surface area contributed by atoms with Crippen molar-refractivity contribution in [3.63, 3.8) is 0 Å². The summed E-state index contributed by atoms with van der Waals surface area (Å²) in [6, 6.07) is 12.5. The Morgan fingerprint density at radius 3 is 2.61 bits per heavy atom. The molecule has 3 rings (SSSR count). The number of aromatic nitrogens is 1. The summed E-state index contributed by atoms with van der Waals surface area (Å²) in [6.45, 7) is 3.23. The SMILES string of the molecule is Cc1nc(-c2ccc(OCCNC[C@H](O)c3ccc(Cl)c(NS(C)(=O)=O)c3)cc2)cs1. The number of sulfonamides is 1. The van der Waals surface area contributed by atoms with E-state index in [2.05, 4.69) is 15.0 Å². The maximum Gasteiger partial charge on any atom is 0.229 e. The first kappa shape index (κ1) is 23.5. The van der Waals surface area contributed by atoms with E-state index in [1.165, 1.54) is 6.07 Å². The fraction of sp³-hybridized carbons (Fsp3) is 0.286. The molecule has 0 radical (unpaired) electrons. The van der Waals surface area contributed by atoms with Crippen LogP contribution in [-0.2, 0) is 10.0 Å². The molecule has 1 heterocycles. The number of benzene rings is 2. The summed E-state index contributed by atoms with van der Waals surface area (Å²) in [5, 5.41) is 16.8. The Morgan fingerprint density at radius 2 is 1.97 bits per heavy atom. The average molecular weight is 482 g/mol. The Balaban J connectivity index is 1.44. The third-order valence-corrected chi connectivity index (χ3v) is 6.02. The van der Waals surface area contributed by atoms with Crippen molar-refractivity contribution in [2.75, 3.05) is 30.7 Å². The maximum atomic E-state index is 11.4. The molecule has 0 unspecified atom stereocenters. The second-order valence-corrected chi connectivity index (χ2v) is 10.2. The van der Waals surface area contributed by atoms with Gasteiger partial charge in [-0.15, -0.1) is 11.3 Å². The lowest BCUT2D eigenvalue weighted by Crippen LogP contribution is -2.26. The van der Waals surface area contributed by atoms with Gasteiger partial charge in [-0.3, -0.25) is 4.72 Å². The number of nitrogens with zero attached hydrogens (tertiary/aromatic N) is 1. The number of hydrogen-bond donors (Lipinski definition) is 3. The number of halogens is 1. The largest absolute Gasteiger partial charge is 0.492 e. The number of hydrogen-bond acceptors (Lipinski definition) is 7. The van der Waals surface area contributed by atoms with Crippen molar-refractivity contribution >= 4 is 38.6 Å². The molecule has 0 spiro atoms. The van der Waals surface area contributed by atoms with Crippen molar-refractivity contribution in [3.8, 4) is 17.0 Å². The molecule has 3 N–H and O–H groups in total. The van der Waals surface area contributed by atoms with E-state index >= 15 is 0 Å². The first-order chi connectivity index (χ1) is 14.7. The molecule has 0 amide bonds. The van der Waals surface area contributed by atoms with Crippen LogP contribution >= 0.6 is 22.9 Å². The summed E-state index contributed by atoms with van der Waals surface area (Å²) >= 11 is 7.63. The lowest BCUT2D eigenvalue weighted by atomic mass is 10.1. The minimum absolute atomic E-state index is 0.236. The van der Waals surface area contributed by atoms with Crippen LogP contribution in [0.25, 0.3) is 11.3 Å². The number of nitrogens with one attached hydrogen (secondary N) is 2. The third kappa shape index (κ3) is 7.19. The first-order valence-corrected chi connectivity index (χ1v) is 12.7. The molecular formula is C21H24ClN3O4S2. The molecule has 10 heteroatoms. The van der Waals surface area contributed by atoms with Gasteiger partial charge in [-0.2, -0.15) is 0 Å². The van der Waals surface area contributed by atoms with Crippen LogP contribution in [-0.4, -0.2) is 44.5 Å². The highest BCUT2D eigenvalue weighted by molar-refractivity contribution is 7.92. The molecule has 31 heavy (non-hydrogen) atoms. The molecule has 166 valence electrons. The molecule has 0 bridgehead atoms. The highest BCUT2D eigenvalue weighted by atomic mass is 35.5. The van der Waals surface area contributed by atoms with Gasteiger partial charge in [0.15, 0.2) is 0 Å². The Bertz CT molecular complexity index is 1120. The van der Waals surface area contributed by atoms with Gasteiger partial charge in [0.2, 0.25) is 10.0 Å². The molecule has 3 aromatic rings. The van der Waals surface area contributed by atoms with Crippen LogP contribution in [0.3, 0.4) is 0 Å². The molecule has 0 aliphatic heterocycles. The maximum absolute atomic E-state index is 11.4. The number of aliphatic hydroxyl groups excluding tert-OH is 1.